The molecule has 1 aromatic rings. The highest BCUT2D eigenvalue weighted by Gasteiger charge is 2.17. The molecule has 0 atom stereocenters. The molecule has 1 aliphatic rings. The van der Waals surface area contributed by atoms with Crippen molar-refractivity contribution in [3.05, 3.63) is 29.8 Å². The Balaban J connectivity index is 2.07. The highest BCUT2D eigenvalue weighted by atomic mass is 16.7. The van der Waals surface area contributed by atoms with E-state index in [1.807, 2.05) is 24.3 Å². The van der Waals surface area contributed by atoms with Crippen molar-refractivity contribution in [1.29, 1.82) is 0 Å². The highest BCUT2D eigenvalue weighted by molar-refractivity contribution is 5.33. The Morgan fingerprint density at radius 3 is 2.71 bits per heavy atom. The summed E-state index contributed by atoms with van der Waals surface area (Å²) in [5, 5.41) is 0. The highest BCUT2D eigenvalue weighted by Crippen LogP contribution is 2.21. The van der Waals surface area contributed by atoms with E-state index in [-0.39, 0.29) is 6.29 Å². The minimum Gasteiger partial charge on any atom is -0.496 e. The smallest absolute Gasteiger partial charge is 0.161 e. The maximum Gasteiger partial charge on any atom is 0.161 e. The third-order valence-electron chi connectivity index (χ3n) is 2.27. The van der Waals surface area contributed by atoms with Crippen LogP contribution in [0.3, 0.4) is 0 Å². The van der Waals surface area contributed by atoms with Gasteiger partial charge in [-0.2, -0.15) is 0 Å². The third kappa shape index (κ3) is 2.05. The molecule has 0 bridgehead atoms. The average Bonchev–Trinajstić information content (AvgIpc) is 2.71. The van der Waals surface area contributed by atoms with Gasteiger partial charge in [0.15, 0.2) is 6.29 Å². The lowest BCUT2D eigenvalue weighted by Gasteiger charge is -2.11. The summed E-state index contributed by atoms with van der Waals surface area (Å²) < 4.78 is 16.0. The molecule has 0 saturated carbocycles. The van der Waals surface area contributed by atoms with Crippen LogP contribution in [0.5, 0.6) is 5.75 Å². The van der Waals surface area contributed by atoms with E-state index in [2.05, 4.69) is 0 Å². The minimum absolute atomic E-state index is 0.105. The molecule has 1 aliphatic heterocycles. The zero-order valence-electron chi connectivity index (χ0n) is 8.23. The first-order chi connectivity index (χ1) is 6.90. The number of hydrogen-bond acceptors (Lipinski definition) is 3. The topological polar surface area (TPSA) is 27.7 Å². The lowest BCUT2D eigenvalue weighted by molar-refractivity contribution is -0.0402. The number of benzene rings is 1. The molecule has 1 aromatic carbocycles. The van der Waals surface area contributed by atoms with Crippen molar-refractivity contribution >= 4 is 0 Å². The Kier molecular flexibility index (Phi) is 3.01. The van der Waals surface area contributed by atoms with Crippen molar-refractivity contribution in [2.45, 2.75) is 12.7 Å². The van der Waals surface area contributed by atoms with Crippen LogP contribution in [0.2, 0.25) is 0 Å². The van der Waals surface area contributed by atoms with Crippen molar-refractivity contribution in [3.63, 3.8) is 0 Å². The predicted octanol–water partition coefficient (Wildman–Crippen LogP) is 1.61. The van der Waals surface area contributed by atoms with Gasteiger partial charge >= 0.3 is 0 Å². The molecule has 14 heavy (non-hydrogen) atoms. The Morgan fingerprint density at radius 1 is 1.29 bits per heavy atom. The van der Waals surface area contributed by atoms with Gasteiger partial charge in [0.2, 0.25) is 0 Å². The van der Waals surface area contributed by atoms with E-state index < -0.39 is 0 Å². The Morgan fingerprint density at radius 2 is 2.00 bits per heavy atom. The summed E-state index contributed by atoms with van der Waals surface area (Å²) in [4.78, 5) is 0. The fraction of sp³-hybridized carbons (Fsp3) is 0.455. The molecule has 0 spiro atoms. The maximum absolute atomic E-state index is 5.38. The van der Waals surface area contributed by atoms with E-state index in [0.29, 0.717) is 13.2 Å². The molecular formula is C11H14O3. The summed E-state index contributed by atoms with van der Waals surface area (Å²) in [6, 6.07) is 7.93. The van der Waals surface area contributed by atoms with Crippen LogP contribution < -0.4 is 4.74 Å². The van der Waals surface area contributed by atoms with Crippen LogP contribution in [0.25, 0.3) is 0 Å². The molecule has 0 unspecified atom stereocenters. The van der Waals surface area contributed by atoms with E-state index in [1.54, 1.807) is 7.11 Å². The average molecular weight is 194 g/mol. The van der Waals surface area contributed by atoms with Crippen LogP contribution in [0.4, 0.5) is 0 Å². The van der Waals surface area contributed by atoms with Crippen LogP contribution in [-0.4, -0.2) is 26.6 Å². The first-order valence-electron chi connectivity index (χ1n) is 4.75. The summed E-state index contributed by atoms with van der Waals surface area (Å²) in [6.45, 7) is 1.39. The quantitative estimate of drug-likeness (QED) is 0.731. The van der Waals surface area contributed by atoms with Crippen LogP contribution in [-0.2, 0) is 15.9 Å². The molecule has 0 aliphatic carbocycles. The van der Waals surface area contributed by atoms with E-state index in [0.717, 1.165) is 17.7 Å². The molecule has 1 heterocycles. The molecule has 0 amide bonds. The summed E-state index contributed by atoms with van der Waals surface area (Å²) in [6.07, 6.45) is 0.649. The van der Waals surface area contributed by atoms with Crippen LogP contribution >= 0.6 is 0 Å². The van der Waals surface area contributed by atoms with Crippen molar-refractivity contribution in [3.8, 4) is 5.75 Å². The van der Waals surface area contributed by atoms with Gasteiger partial charge in [0.05, 0.1) is 20.3 Å². The standard InChI is InChI=1S/C11H14O3/c1-12-10-5-3-2-4-9(10)8-11-13-6-7-14-11/h2-5,11H,6-8H2,1H3. The van der Waals surface area contributed by atoms with E-state index >= 15 is 0 Å². The van der Waals surface area contributed by atoms with Crippen molar-refractivity contribution in [2.75, 3.05) is 20.3 Å². The number of methoxy groups -OCH3 is 1. The van der Waals surface area contributed by atoms with E-state index in [4.69, 9.17) is 14.2 Å². The van der Waals surface area contributed by atoms with Gasteiger partial charge < -0.3 is 14.2 Å². The molecule has 0 radical (unpaired) electrons. The molecule has 1 saturated heterocycles. The van der Waals surface area contributed by atoms with Crippen LogP contribution in [0.1, 0.15) is 5.56 Å². The fourth-order valence-corrected chi connectivity index (χ4v) is 1.58. The monoisotopic (exact) mass is 194 g/mol. The van der Waals surface area contributed by atoms with Gasteiger partial charge in [-0.3, -0.25) is 0 Å². The molecule has 2 rings (SSSR count). The second kappa shape index (κ2) is 4.44. The minimum atomic E-state index is -0.105. The third-order valence-corrected chi connectivity index (χ3v) is 2.27. The van der Waals surface area contributed by atoms with E-state index in [9.17, 15) is 0 Å². The molecule has 1 fully saturated rings. The molecule has 0 N–H and O–H groups in total. The molecule has 0 aromatic heterocycles. The molecular weight excluding hydrogens is 180 g/mol. The maximum atomic E-state index is 5.38. The van der Waals surface area contributed by atoms with Gasteiger partial charge in [-0.15, -0.1) is 0 Å². The van der Waals surface area contributed by atoms with Crippen molar-refractivity contribution in [2.24, 2.45) is 0 Å². The summed E-state index contributed by atoms with van der Waals surface area (Å²) in [7, 11) is 1.68. The molecule has 3 heteroatoms. The summed E-state index contributed by atoms with van der Waals surface area (Å²) in [5.41, 5.74) is 1.13. The van der Waals surface area contributed by atoms with Gasteiger partial charge in [0, 0.05) is 6.42 Å². The van der Waals surface area contributed by atoms with Gasteiger partial charge in [-0.1, -0.05) is 18.2 Å². The lowest BCUT2D eigenvalue weighted by atomic mass is 10.1. The van der Waals surface area contributed by atoms with Crippen molar-refractivity contribution < 1.29 is 14.2 Å². The summed E-state index contributed by atoms with van der Waals surface area (Å²) >= 11 is 0. The second-order valence-corrected chi connectivity index (χ2v) is 3.19. The fourth-order valence-electron chi connectivity index (χ4n) is 1.58. The van der Waals surface area contributed by atoms with Gasteiger partial charge in [-0.25, -0.2) is 0 Å². The summed E-state index contributed by atoms with van der Waals surface area (Å²) in [5.74, 6) is 0.895. The first-order valence-corrected chi connectivity index (χ1v) is 4.75. The van der Waals surface area contributed by atoms with Gasteiger partial charge in [0.25, 0.3) is 0 Å². The second-order valence-electron chi connectivity index (χ2n) is 3.19. The first kappa shape index (κ1) is 9.49. The Labute approximate surface area is 83.6 Å². The van der Waals surface area contributed by atoms with Crippen LogP contribution in [0.15, 0.2) is 24.3 Å². The predicted molar refractivity (Wildman–Crippen MR) is 52.4 cm³/mol. The number of hydrogen-bond donors (Lipinski definition) is 0. The van der Waals surface area contributed by atoms with Crippen LogP contribution in [0, 0.1) is 0 Å². The largest absolute Gasteiger partial charge is 0.496 e. The Bertz CT molecular complexity index is 292. The van der Waals surface area contributed by atoms with Crippen molar-refractivity contribution in [1.82, 2.24) is 0 Å². The number of para-hydroxylation sites is 1. The van der Waals surface area contributed by atoms with Gasteiger partial charge in [0.1, 0.15) is 5.75 Å². The SMILES string of the molecule is COc1ccccc1CC1OCCO1. The normalized spacial score (nSPS) is 17.2. The molecule has 76 valence electrons. The zero-order chi connectivity index (χ0) is 9.80. The lowest BCUT2D eigenvalue weighted by Crippen LogP contribution is -2.11. The number of ether oxygens (including phenoxy) is 3. The molecule has 3 nitrogen and oxygen atoms in total. The Hall–Kier alpha value is -1.06. The van der Waals surface area contributed by atoms with Gasteiger partial charge in [-0.05, 0) is 11.6 Å². The van der Waals surface area contributed by atoms with E-state index in [1.165, 1.54) is 0 Å². The zero-order valence-corrected chi connectivity index (χ0v) is 8.23. The number of rotatable bonds is 3.